The van der Waals surface area contributed by atoms with Crippen LogP contribution in [0.3, 0.4) is 0 Å². The number of piperazine rings is 1. The molecular weight excluding hydrogens is 440 g/mol. The summed E-state index contributed by atoms with van der Waals surface area (Å²) in [5.74, 6) is 0. The Labute approximate surface area is 209 Å². The predicted molar refractivity (Wildman–Crippen MR) is 143 cm³/mol. The lowest BCUT2D eigenvalue weighted by molar-refractivity contribution is 0.191. The summed E-state index contributed by atoms with van der Waals surface area (Å²) in [5.41, 5.74) is 7.13. The Morgan fingerprint density at radius 2 is 1.88 bits per heavy atom. The molecule has 1 saturated heterocycles. The average Bonchev–Trinajstić information content (AvgIpc) is 2.87. The molecule has 3 heterocycles. The Morgan fingerprint density at radius 3 is 2.68 bits per heavy atom. The molecule has 1 N–H and O–H groups in total. The second kappa shape index (κ2) is 10.2. The highest BCUT2D eigenvalue weighted by molar-refractivity contribution is 7.80. The van der Waals surface area contributed by atoms with Gasteiger partial charge in [0, 0.05) is 71.3 Å². The van der Waals surface area contributed by atoms with Crippen molar-refractivity contribution in [2.24, 2.45) is 0 Å². The highest BCUT2D eigenvalue weighted by Crippen LogP contribution is 2.33. The zero-order chi connectivity index (χ0) is 23.7. The van der Waals surface area contributed by atoms with Crippen molar-refractivity contribution in [1.82, 2.24) is 25.0 Å². The van der Waals surface area contributed by atoms with E-state index < -0.39 is 0 Å². The van der Waals surface area contributed by atoms with E-state index in [0.29, 0.717) is 12.1 Å². The van der Waals surface area contributed by atoms with Gasteiger partial charge < -0.3 is 20.0 Å². The Morgan fingerprint density at radius 1 is 1.09 bits per heavy atom. The first-order valence-electron chi connectivity index (χ1n) is 12.7. The van der Waals surface area contributed by atoms with Crippen molar-refractivity contribution in [2.75, 3.05) is 58.8 Å². The molecule has 0 bridgehead atoms. The third-order valence-corrected chi connectivity index (χ3v) is 8.38. The molecule has 0 saturated carbocycles. The molecule has 0 amide bonds. The van der Waals surface area contributed by atoms with Crippen molar-refractivity contribution >= 4 is 23.0 Å². The lowest BCUT2D eigenvalue weighted by atomic mass is 9.89. The highest BCUT2D eigenvalue weighted by Gasteiger charge is 2.29. The predicted octanol–water partition coefficient (Wildman–Crippen LogP) is 3.07. The van der Waals surface area contributed by atoms with Crippen LogP contribution >= 0.6 is 12.2 Å². The largest absolute Gasteiger partial charge is 0.368 e. The molecule has 0 radical (unpaired) electrons. The van der Waals surface area contributed by atoms with Crippen LogP contribution in [0.5, 0.6) is 0 Å². The third-order valence-electron chi connectivity index (χ3n) is 7.76. The van der Waals surface area contributed by atoms with Crippen LogP contribution in [-0.2, 0) is 19.4 Å². The van der Waals surface area contributed by atoms with Crippen molar-refractivity contribution < 1.29 is 0 Å². The summed E-state index contributed by atoms with van der Waals surface area (Å²) < 4.78 is 0. The highest BCUT2D eigenvalue weighted by atomic mass is 32.1. The molecule has 1 aromatic heterocycles. The molecule has 2 atom stereocenters. The van der Waals surface area contributed by atoms with Gasteiger partial charge >= 0.3 is 0 Å². The molecule has 3 aliphatic rings. The molecule has 0 spiro atoms. The summed E-state index contributed by atoms with van der Waals surface area (Å²) in [5, 5.41) is 4.77. The fourth-order valence-electron chi connectivity index (χ4n) is 5.93. The fraction of sp³-hybridized carbons (Fsp3) is 0.556. The van der Waals surface area contributed by atoms with E-state index >= 15 is 0 Å². The number of aryl methyl sites for hydroxylation is 1. The molecule has 34 heavy (non-hydrogen) atoms. The minimum atomic E-state index is 0.428. The van der Waals surface area contributed by atoms with Gasteiger partial charge in [-0.3, -0.25) is 9.88 Å². The number of nitrogens with one attached hydrogen (secondary N) is 1. The number of hydrogen-bond acceptors (Lipinski definition) is 5. The molecule has 182 valence electrons. The number of nitrogens with zero attached hydrogens (tertiary/aromatic N) is 5. The number of benzene rings is 1. The summed E-state index contributed by atoms with van der Waals surface area (Å²) in [4.78, 5) is 14.3. The standard InChI is InChI=1S/C27H38N6S/c1-30(2)27(34)33-15-13-32(14-16-33)24-10-5-8-21-18-29-22(17-23(21)24)19-31(3)25-11-4-7-20-9-6-12-28-26(20)25/h5-6,8-10,12,22,25,29H,4,7,11,13-19H2,1-3H3/t22-,25+/m1/s1. The van der Waals surface area contributed by atoms with Crippen molar-refractivity contribution in [2.45, 2.75) is 44.3 Å². The van der Waals surface area contributed by atoms with E-state index in [1.807, 2.05) is 25.2 Å². The molecule has 1 aliphatic carbocycles. The van der Waals surface area contributed by atoms with Gasteiger partial charge in [-0.15, -0.1) is 0 Å². The van der Waals surface area contributed by atoms with Crippen molar-refractivity contribution in [3.8, 4) is 0 Å². The van der Waals surface area contributed by atoms with Crippen molar-refractivity contribution in [1.29, 1.82) is 0 Å². The van der Waals surface area contributed by atoms with Gasteiger partial charge in [0.15, 0.2) is 5.11 Å². The van der Waals surface area contributed by atoms with E-state index in [9.17, 15) is 0 Å². The summed E-state index contributed by atoms with van der Waals surface area (Å²) in [6.45, 7) is 6.00. The zero-order valence-electron chi connectivity index (χ0n) is 20.8. The van der Waals surface area contributed by atoms with Gasteiger partial charge in [0.05, 0.1) is 11.7 Å². The summed E-state index contributed by atoms with van der Waals surface area (Å²) in [6.07, 6.45) is 6.65. The quantitative estimate of drug-likeness (QED) is 0.677. The molecule has 5 rings (SSSR count). The molecule has 2 aromatic rings. The Bertz CT molecular complexity index is 1020. The number of hydrogen-bond donors (Lipinski definition) is 1. The fourth-order valence-corrected chi connectivity index (χ4v) is 6.11. The Kier molecular flexibility index (Phi) is 7.04. The maximum Gasteiger partial charge on any atom is 0.171 e. The minimum Gasteiger partial charge on any atom is -0.368 e. The van der Waals surface area contributed by atoms with Crippen LogP contribution in [0.1, 0.15) is 41.3 Å². The summed E-state index contributed by atoms with van der Waals surface area (Å²) >= 11 is 5.60. The van der Waals surface area contributed by atoms with Gasteiger partial charge in [0.1, 0.15) is 0 Å². The Balaban J connectivity index is 1.26. The van der Waals surface area contributed by atoms with E-state index in [0.717, 1.165) is 50.8 Å². The van der Waals surface area contributed by atoms with E-state index in [1.165, 1.54) is 47.3 Å². The first-order chi connectivity index (χ1) is 16.5. The van der Waals surface area contributed by atoms with Crippen LogP contribution in [0.25, 0.3) is 0 Å². The maximum absolute atomic E-state index is 5.60. The number of pyridine rings is 1. The monoisotopic (exact) mass is 478 g/mol. The van der Waals surface area contributed by atoms with Crippen LogP contribution in [0.2, 0.25) is 0 Å². The normalized spacial score (nSPS) is 22.4. The smallest absolute Gasteiger partial charge is 0.171 e. The molecule has 1 fully saturated rings. The second-order valence-corrected chi connectivity index (χ2v) is 10.6. The Hall–Kier alpha value is -2.22. The van der Waals surface area contributed by atoms with E-state index in [-0.39, 0.29) is 0 Å². The number of rotatable bonds is 4. The average molecular weight is 479 g/mol. The van der Waals surface area contributed by atoms with Crippen LogP contribution in [-0.4, -0.2) is 84.7 Å². The number of thiocarbonyl (C=S) groups is 1. The number of anilines is 1. The van der Waals surface area contributed by atoms with Gasteiger partial charge in [-0.05, 0) is 73.8 Å². The molecule has 0 unspecified atom stereocenters. The van der Waals surface area contributed by atoms with Crippen molar-refractivity contribution in [3.63, 3.8) is 0 Å². The molecular formula is C27H38N6S. The van der Waals surface area contributed by atoms with Crippen molar-refractivity contribution in [3.05, 3.63) is 58.9 Å². The van der Waals surface area contributed by atoms with Crippen LogP contribution in [0.15, 0.2) is 36.5 Å². The number of fused-ring (bicyclic) bond motifs is 2. The maximum atomic E-state index is 5.60. The first kappa shape index (κ1) is 23.5. The SMILES string of the molecule is CN(C)C(=S)N1CCN(c2cccc3c2C[C@H](CN(C)[C@H]2CCCc4cccnc42)NC3)CC1. The lowest BCUT2D eigenvalue weighted by Crippen LogP contribution is -2.52. The molecule has 2 aliphatic heterocycles. The number of aromatic nitrogens is 1. The minimum absolute atomic E-state index is 0.428. The first-order valence-corrected chi connectivity index (χ1v) is 13.1. The summed E-state index contributed by atoms with van der Waals surface area (Å²) in [6, 6.07) is 12.1. The van der Waals surface area contributed by atoms with Gasteiger partial charge in [-0.2, -0.15) is 0 Å². The lowest BCUT2D eigenvalue weighted by Gasteiger charge is -2.41. The second-order valence-electron chi connectivity index (χ2n) is 10.2. The van der Waals surface area contributed by atoms with E-state index in [2.05, 4.69) is 57.4 Å². The molecule has 7 heteroatoms. The van der Waals surface area contributed by atoms with E-state index in [1.54, 1.807) is 0 Å². The third kappa shape index (κ3) is 4.79. The van der Waals surface area contributed by atoms with E-state index in [4.69, 9.17) is 17.2 Å². The van der Waals surface area contributed by atoms with Gasteiger partial charge in [0.2, 0.25) is 0 Å². The molecule has 1 aromatic carbocycles. The van der Waals surface area contributed by atoms with Crippen LogP contribution in [0, 0.1) is 0 Å². The zero-order valence-corrected chi connectivity index (χ0v) is 21.7. The number of likely N-dealkylation sites (N-methyl/N-ethyl adjacent to an activating group) is 1. The van der Waals surface area contributed by atoms with Crippen LogP contribution < -0.4 is 10.2 Å². The van der Waals surface area contributed by atoms with Crippen LogP contribution in [0.4, 0.5) is 5.69 Å². The molecule has 6 nitrogen and oxygen atoms in total. The summed E-state index contributed by atoms with van der Waals surface area (Å²) in [7, 11) is 6.35. The van der Waals surface area contributed by atoms with Gasteiger partial charge in [-0.25, -0.2) is 0 Å². The van der Waals surface area contributed by atoms with Gasteiger partial charge in [-0.1, -0.05) is 18.2 Å². The van der Waals surface area contributed by atoms with Gasteiger partial charge in [0.25, 0.3) is 0 Å². The topological polar surface area (TPSA) is 37.9 Å².